The van der Waals surface area contributed by atoms with Crippen LogP contribution in [-0.2, 0) is 27.2 Å². The lowest BCUT2D eigenvalue weighted by Crippen LogP contribution is -2.56. The van der Waals surface area contributed by atoms with Gasteiger partial charge in [0, 0.05) is 39.0 Å². The zero-order valence-electron chi connectivity index (χ0n) is 27.8. The van der Waals surface area contributed by atoms with Gasteiger partial charge in [-0.15, -0.1) is 0 Å². The van der Waals surface area contributed by atoms with Gasteiger partial charge in [-0.3, -0.25) is 14.4 Å². The minimum atomic E-state index is -0.828. The van der Waals surface area contributed by atoms with Crippen LogP contribution in [0.1, 0.15) is 44.2 Å². The van der Waals surface area contributed by atoms with Crippen molar-refractivity contribution in [2.24, 2.45) is 5.73 Å². The summed E-state index contributed by atoms with van der Waals surface area (Å²) in [5.74, 6) is -0.796. The van der Waals surface area contributed by atoms with Crippen LogP contribution in [0.15, 0.2) is 84.9 Å². The van der Waals surface area contributed by atoms with E-state index in [2.05, 4.69) is 16.3 Å². The van der Waals surface area contributed by atoms with Crippen molar-refractivity contribution in [2.45, 2.75) is 63.6 Å². The monoisotopic (exact) mass is 613 g/mol. The molecule has 0 saturated heterocycles. The second-order valence-corrected chi connectivity index (χ2v) is 12.9. The number of unbranched alkanes of at least 4 members (excludes halogenated alkanes) is 1. The van der Waals surface area contributed by atoms with Crippen LogP contribution < -0.4 is 11.1 Å². The number of rotatable bonds is 16. The Hall–Kier alpha value is -4.01. The van der Waals surface area contributed by atoms with Gasteiger partial charge in [-0.25, -0.2) is 0 Å². The van der Waals surface area contributed by atoms with E-state index in [1.165, 1.54) is 15.9 Å². The van der Waals surface area contributed by atoms with E-state index < -0.39 is 17.6 Å². The fourth-order valence-electron chi connectivity index (χ4n) is 5.23. The number of carbonyl (C=O) groups is 3. The van der Waals surface area contributed by atoms with Crippen molar-refractivity contribution < 1.29 is 14.4 Å². The Balaban J connectivity index is 1.89. The molecule has 0 heterocycles. The predicted octanol–water partition coefficient (Wildman–Crippen LogP) is 4.42. The Morgan fingerprint density at radius 2 is 1.44 bits per heavy atom. The number of benzene rings is 3. The van der Waals surface area contributed by atoms with Crippen molar-refractivity contribution >= 4 is 28.5 Å². The molecule has 3 rings (SSSR count). The Labute approximate surface area is 269 Å². The number of nitrogens with zero attached hydrogens (tertiary/aromatic N) is 3. The predicted molar refractivity (Wildman–Crippen MR) is 184 cm³/mol. The molecule has 8 nitrogen and oxygen atoms in total. The maximum atomic E-state index is 14.4. The van der Waals surface area contributed by atoms with Crippen molar-refractivity contribution in [3.05, 3.63) is 96.1 Å². The lowest BCUT2D eigenvalue weighted by atomic mass is 9.98. The van der Waals surface area contributed by atoms with E-state index in [1.54, 1.807) is 20.2 Å². The molecular weight excluding hydrogens is 562 g/mol. The van der Waals surface area contributed by atoms with Gasteiger partial charge in [0.1, 0.15) is 12.1 Å². The standard InChI is InChI=1S/C37H51N5O3/c1-37(2,38)22-14-19-34(43)41(5)33(27-29-20-21-30-17-10-11-18-31(30)25-29)36(45)42(6)32(26-28-15-8-7-9-16-28)35(44)39-23-12-13-24-40(3)4/h7-11,14-21,25,32-33H,12-13,22-24,26-27,38H2,1-6H3,(H,39,44)/t32-,33-/m1/s1. The highest BCUT2D eigenvalue weighted by molar-refractivity contribution is 5.95. The van der Waals surface area contributed by atoms with E-state index in [9.17, 15) is 14.4 Å². The third-order valence-electron chi connectivity index (χ3n) is 7.97. The van der Waals surface area contributed by atoms with Gasteiger partial charge in [-0.1, -0.05) is 78.9 Å². The number of fused-ring (bicyclic) bond motifs is 1. The second kappa shape index (κ2) is 16.9. The van der Waals surface area contributed by atoms with Crippen LogP contribution in [0.4, 0.5) is 0 Å². The maximum Gasteiger partial charge on any atom is 0.246 e. The molecule has 0 spiro atoms. The summed E-state index contributed by atoms with van der Waals surface area (Å²) in [7, 11) is 7.37. The van der Waals surface area contributed by atoms with Crippen molar-refractivity contribution in [1.82, 2.24) is 20.0 Å². The van der Waals surface area contributed by atoms with Gasteiger partial charge in [0.15, 0.2) is 0 Å². The zero-order valence-corrected chi connectivity index (χ0v) is 27.8. The quantitative estimate of drug-likeness (QED) is 0.184. The molecule has 2 atom stereocenters. The first-order valence-corrected chi connectivity index (χ1v) is 15.8. The largest absolute Gasteiger partial charge is 0.354 e. The summed E-state index contributed by atoms with van der Waals surface area (Å²) in [5.41, 5.74) is 7.53. The summed E-state index contributed by atoms with van der Waals surface area (Å²) >= 11 is 0. The molecule has 0 aliphatic carbocycles. The third kappa shape index (κ3) is 11.5. The van der Waals surface area contributed by atoms with Gasteiger partial charge in [-0.2, -0.15) is 0 Å². The van der Waals surface area contributed by atoms with Crippen LogP contribution in [0.3, 0.4) is 0 Å². The van der Waals surface area contributed by atoms with Gasteiger partial charge in [0.25, 0.3) is 0 Å². The van der Waals surface area contributed by atoms with Crippen molar-refractivity contribution in [3.8, 4) is 0 Å². The summed E-state index contributed by atoms with van der Waals surface area (Å²) in [6, 6.07) is 22.3. The van der Waals surface area contributed by atoms with Gasteiger partial charge in [-0.05, 0) is 81.7 Å². The molecule has 3 aromatic rings. The molecule has 0 aromatic heterocycles. The highest BCUT2D eigenvalue weighted by Gasteiger charge is 2.34. The molecule has 3 amide bonds. The minimum absolute atomic E-state index is 0.205. The number of hydrogen-bond donors (Lipinski definition) is 2. The van der Waals surface area contributed by atoms with Crippen LogP contribution in [0.25, 0.3) is 10.8 Å². The first kappa shape index (κ1) is 35.5. The highest BCUT2D eigenvalue weighted by Crippen LogP contribution is 2.20. The van der Waals surface area contributed by atoms with E-state index in [4.69, 9.17) is 5.73 Å². The molecule has 242 valence electrons. The summed E-state index contributed by atoms with van der Waals surface area (Å²) in [6.07, 6.45) is 6.21. The smallest absolute Gasteiger partial charge is 0.246 e. The molecule has 3 N–H and O–H groups in total. The molecule has 45 heavy (non-hydrogen) atoms. The second-order valence-electron chi connectivity index (χ2n) is 12.9. The fourth-order valence-corrected chi connectivity index (χ4v) is 5.23. The average Bonchev–Trinajstić information content (AvgIpc) is 3.00. The topological polar surface area (TPSA) is 99.0 Å². The van der Waals surface area contributed by atoms with Gasteiger partial charge >= 0.3 is 0 Å². The van der Waals surface area contributed by atoms with Gasteiger partial charge < -0.3 is 25.8 Å². The number of hydrogen-bond acceptors (Lipinski definition) is 5. The summed E-state index contributed by atoms with van der Waals surface area (Å²) in [4.78, 5) is 46.5. The van der Waals surface area contributed by atoms with E-state index in [1.807, 2.05) is 94.7 Å². The number of nitrogens with one attached hydrogen (secondary N) is 1. The summed E-state index contributed by atoms with van der Waals surface area (Å²) in [5, 5.41) is 5.22. The van der Waals surface area contributed by atoms with E-state index in [0.717, 1.165) is 41.3 Å². The van der Waals surface area contributed by atoms with E-state index in [0.29, 0.717) is 25.8 Å². The maximum absolute atomic E-state index is 14.4. The molecule has 0 fully saturated rings. The number of nitrogens with two attached hydrogens (primary N) is 1. The Morgan fingerprint density at radius 1 is 0.800 bits per heavy atom. The lowest BCUT2D eigenvalue weighted by molar-refractivity contribution is -0.146. The first-order valence-electron chi connectivity index (χ1n) is 15.8. The Morgan fingerprint density at radius 3 is 2.11 bits per heavy atom. The van der Waals surface area contributed by atoms with Crippen LogP contribution in [0.2, 0.25) is 0 Å². The molecule has 0 aliphatic heterocycles. The molecule has 8 heteroatoms. The summed E-state index contributed by atoms with van der Waals surface area (Å²) < 4.78 is 0. The highest BCUT2D eigenvalue weighted by atomic mass is 16.2. The Kier molecular flexibility index (Phi) is 13.3. The molecule has 3 aromatic carbocycles. The molecular formula is C37H51N5O3. The average molecular weight is 614 g/mol. The molecule has 0 radical (unpaired) electrons. The lowest BCUT2D eigenvalue weighted by Gasteiger charge is -2.34. The van der Waals surface area contributed by atoms with Gasteiger partial charge in [0.05, 0.1) is 0 Å². The molecule has 0 bridgehead atoms. The number of likely N-dealkylation sites (N-methyl/N-ethyl adjacent to an activating group) is 2. The van der Waals surface area contributed by atoms with Crippen molar-refractivity contribution in [3.63, 3.8) is 0 Å². The fraction of sp³-hybridized carbons (Fsp3) is 0.432. The van der Waals surface area contributed by atoms with Crippen molar-refractivity contribution in [1.29, 1.82) is 0 Å². The van der Waals surface area contributed by atoms with Crippen LogP contribution in [0.5, 0.6) is 0 Å². The SMILES string of the molecule is CN(C)CCCCNC(=O)[C@@H](Cc1ccccc1)N(C)C(=O)[C@@H](Cc1ccc2ccccc2c1)N(C)C(=O)C=CCC(C)(C)N. The number of amides is 3. The van der Waals surface area contributed by atoms with Crippen LogP contribution >= 0.6 is 0 Å². The van der Waals surface area contributed by atoms with Crippen LogP contribution in [0, 0.1) is 0 Å². The zero-order chi connectivity index (χ0) is 33.0. The Bertz CT molecular complexity index is 1430. The first-order chi connectivity index (χ1) is 21.4. The summed E-state index contributed by atoms with van der Waals surface area (Å²) in [6.45, 7) is 5.26. The van der Waals surface area contributed by atoms with Crippen LogP contribution in [-0.4, -0.2) is 91.3 Å². The number of carbonyl (C=O) groups excluding carboxylic acids is 3. The minimum Gasteiger partial charge on any atom is -0.354 e. The molecule has 0 aliphatic rings. The molecule has 0 saturated carbocycles. The third-order valence-corrected chi connectivity index (χ3v) is 7.97. The van der Waals surface area contributed by atoms with E-state index in [-0.39, 0.29) is 17.7 Å². The van der Waals surface area contributed by atoms with Gasteiger partial charge in [0.2, 0.25) is 17.7 Å². The van der Waals surface area contributed by atoms with E-state index >= 15 is 0 Å². The normalized spacial score (nSPS) is 13.2. The molecule has 0 unspecified atom stereocenters. The van der Waals surface area contributed by atoms with Crippen molar-refractivity contribution in [2.75, 3.05) is 41.3 Å².